The quantitative estimate of drug-likeness (QED) is 0.922. The van der Waals surface area contributed by atoms with Crippen molar-refractivity contribution in [3.05, 3.63) is 46.2 Å². The molecule has 0 saturated carbocycles. The molecule has 0 spiro atoms. The molecule has 3 rings (SSSR count). The van der Waals surface area contributed by atoms with Crippen LogP contribution in [-0.2, 0) is 13.0 Å². The second kappa shape index (κ2) is 6.84. The molecule has 2 aromatic rings. The molecular formula is C17H21FN4OS. The number of aryl methyl sites for hydroxylation is 1. The molecule has 1 fully saturated rings. The highest BCUT2D eigenvalue weighted by atomic mass is 32.1. The van der Waals surface area contributed by atoms with Gasteiger partial charge in [-0.25, -0.2) is 9.18 Å². The molecule has 1 aliphatic rings. The minimum absolute atomic E-state index is 0.0649. The fourth-order valence-electron chi connectivity index (χ4n) is 3.26. The van der Waals surface area contributed by atoms with E-state index in [0.29, 0.717) is 6.54 Å². The predicted molar refractivity (Wildman–Crippen MR) is 91.3 cm³/mol. The smallest absolute Gasteiger partial charge is 0.318 e. The molecule has 1 atom stereocenters. The lowest BCUT2D eigenvalue weighted by atomic mass is 9.90. The summed E-state index contributed by atoms with van der Waals surface area (Å²) < 4.78 is 17.0. The third kappa shape index (κ3) is 3.56. The average molecular weight is 348 g/mol. The number of hydrogen-bond donors (Lipinski definition) is 1. The number of amides is 2. The van der Waals surface area contributed by atoms with Crippen LogP contribution in [-0.4, -0.2) is 32.6 Å². The third-order valence-corrected chi connectivity index (χ3v) is 5.46. The van der Waals surface area contributed by atoms with E-state index >= 15 is 0 Å². The highest BCUT2D eigenvalue weighted by molar-refractivity contribution is 7.05. The zero-order chi connectivity index (χ0) is 17.2. The summed E-state index contributed by atoms with van der Waals surface area (Å²) in [5, 5.41) is 6.93. The number of carbonyl (C=O) groups is 1. The van der Waals surface area contributed by atoms with Gasteiger partial charge in [-0.05, 0) is 62.3 Å². The first-order valence-corrected chi connectivity index (χ1v) is 8.83. The van der Waals surface area contributed by atoms with Gasteiger partial charge in [0.2, 0.25) is 0 Å². The number of aromatic nitrogens is 2. The zero-order valence-corrected chi connectivity index (χ0v) is 14.7. The fraction of sp³-hybridized carbons (Fsp3) is 0.471. The van der Waals surface area contributed by atoms with E-state index < -0.39 is 0 Å². The van der Waals surface area contributed by atoms with Crippen LogP contribution in [0.5, 0.6) is 0 Å². The summed E-state index contributed by atoms with van der Waals surface area (Å²) in [6.45, 7) is 5.18. The van der Waals surface area contributed by atoms with Gasteiger partial charge in [0.05, 0.1) is 17.1 Å². The number of nitrogens with one attached hydrogen (secondary N) is 1. The van der Waals surface area contributed by atoms with Crippen LogP contribution in [0, 0.1) is 12.7 Å². The molecule has 0 unspecified atom stereocenters. The number of nitrogens with zero attached hydrogens (tertiary/aromatic N) is 3. The number of benzene rings is 1. The molecule has 0 aliphatic carbocycles. The van der Waals surface area contributed by atoms with Crippen molar-refractivity contribution in [1.82, 2.24) is 19.8 Å². The number of urea groups is 1. The second-order valence-corrected chi connectivity index (χ2v) is 7.33. The van der Waals surface area contributed by atoms with Crippen LogP contribution in [0.1, 0.15) is 35.9 Å². The zero-order valence-electron chi connectivity index (χ0n) is 13.9. The number of likely N-dealkylation sites (tertiary alicyclic amines) is 1. The minimum Gasteiger partial charge on any atom is -0.333 e. The van der Waals surface area contributed by atoms with Gasteiger partial charge >= 0.3 is 6.03 Å². The first kappa shape index (κ1) is 16.8. The van der Waals surface area contributed by atoms with Gasteiger partial charge in [0.25, 0.3) is 0 Å². The van der Waals surface area contributed by atoms with Gasteiger partial charge in [-0.1, -0.05) is 16.6 Å². The summed E-state index contributed by atoms with van der Waals surface area (Å²) in [6, 6.07) is 6.46. The molecule has 2 heterocycles. The first-order valence-electron chi connectivity index (χ1n) is 8.06. The Morgan fingerprint density at radius 1 is 1.42 bits per heavy atom. The molecule has 7 heteroatoms. The summed E-state index contributed by atoms with van der Waals surface area (Å²) in [7, 11) is 0. The lowest BCUT2D eigenvalue weighted by molar-refractivity contribution is 0.155. The number of halogens is 1. The van der Waals surface area contributed by atoms with Gasteiger partial charge in [-0.2, -0.15) is 0 Å². The van der Waals surface area contributed by atoms with Gasteiger partial charge in [0.15, 0.2) is 0 Å². The summed E-state index contributed by atoms with van der Waals surface area (Å²) in [5.41, 5.74) is 1.65. The molecule has 2 amide bonds. The van der Waals surface area contributed by atoms with Gasteiger partial charge in [0.1, 0.15) is 5.82 Å². The number of rotatable bonds is 4. The van der Waals surface area contributed by atoms with Crippen molar-refractivity contribution in [3.63, 3.8) is 0 Å². The topological polar surface area (TPSA) is 58.1 Å². The molecule has 24 heavy (non-hydrogen) atoms. The standard InChI is InChI=1S/C17H21FN4OS/c1-12-15(24-21-20-12)11-19-16(23)22-9-3-8-17(22,2)10-13-4-6-14(18)7-5-13/h4-7H,3,8-11H2,1-2H3,(H,19,23)/t17-/m0/s1. The van der Waals surface area contributed by atoms with E-state index in [0.717, 1.165) is 41.9 Å². The van der Waals surface area contributed by atoms with Crippen molar-refractivity contribution in [2.45, 2.75) is 45.2 Å². The van der Waals surface area contributed by atoms with Crippen LogP contribution >= 0.6 is 11.5 Å². The van der Waals surface area contributed by atoms with Crippen molar-refractivity contribution in [3.8, 4) is 0 Å². The molecule has 1 saturated heterocycles. The van der Waals surface area contributed by atoms with E-state index in [1.807, 2.05) is 11.8 Å². The molecule has 1 N–H and O–H groups in total. The Balaban J connectivity index is 1.66. The Morgan fingerprint density at radius 2 is 2.17 bits per heavy atom. The molecule has 1 aliphatic heterocycles. The largest absolute Gasteiger partial charge is 0.333 e. The van der Waals surface area contributed by atoms with E-state index in [2.05, 4.69) is 21.8 Å². The van der Waals surface area contributed by atoms with Gasteiger partial charge in [-0.15, -0.1) is 5.10 Å². The normalized spacial score (nSPS) is 20.4. The van der Waals surface area contributed by atoms with Crippen LogP contribution < -0.4 is 5.32 Å². The first-order chi connectivity index (χ1) is 11.5. The molecule has 0 radical (unpaired) electrons. The van der Waals surface area contributed by atoms with Crippen molar-refractivity contribution in [1.29, 1.82) is 0 Å². The van der Waals surface area contributed by atoms with Crippen molar-refractivity contribution >= 4 is 17.6 Å². The van der Waals surface area contributed by atoms with Crippen LogP contribution in [0.4, 0.5) is 9.18 Å². The van der Waals surface area contributed by atoms with Gasteiger partial charge in [0, 0.05) is 12.1 Å². The van der Waals surface area contributed by atoms with Crippen LogP contribution in [0.15, 0.2) is 24.3 Å². The van der Waals surface area contributed by atoms with Crippen molar-refractivity contribution < 1.29 is 9.18 Å². The third-order valence-electron chi connectivity index (χ3n) is 4.64. The highest BCUT2D eigenvalue weighted by Gasteiger charge is 2.39. The lowest BCUT2D eigenvalue weighted by Gasteiger charge is -2.35. The van der Waals surface area contributed by atoms with Crippen molar-refractivity contribution in [2.75, 3.05) is 6.54 Å². The van der Waals surface area contributed by atoms with Crippen molar-refractivity contribution in [2.24, 2.45) is 0 Å². The molecule has 1 aromatic heterocycles. The van der Waals surface area contributed by atoms with E-state index in [1.165, 1.54) is 23.7 Å². The fourth-order valence-corrected chi connectivity index (χ4v) is 3.83. The molecule has 5 nitrogen and oxygen atoms in total. The highest BCUT2D eigenvalue weighted by Crippen LogP contribution is 2.32. The Morgan fingerprint density at radius 3 is 2.83 bits per heavy atom. The van der Waals surface area contributed by atoms with E-state index in [9.17, 15) is 9.18 Å². The summed E-state index contributed by atoms with van der Waals surface area (Å²) in [5.74, 6) is -0.238. The Kier molecular flexibility index (Phi) is 4.80. The van der Waals surface area contributed by atoms with E-state index in [-0.39, 0.29) is 17.4 Å². The second-order valence-electron chi connectivity index (χ2n) is 6.50. The van der Waals surface area contributed by atoms with Crippen LogP contribution in [0.2, 0.25) is 0 Å². The SMILES string of the molecule is Cc1nnsc1CNC(=O)N1CCC[C@@]1(C)Cc1ccc(F)cc1. The summed E-state index contributed by atoms with van der Waals surface area (Å²) in [4.78, 5) is 15.5. The predicted octanol–water partition coefficient (Wildman–Crippen LogP) is 3.29. The number of hydrogen-bond acceptors (Lipinski definition) is 4. The lowest BCUT2D eigenvalue weighted by Crippen LogP contribution is -2.50. The number of carbonyl (C=O) groups excluding carboxylic acids is 1. The maximum absolute atomic E-state index is 13.1. The Hall–Kier alpha value is -2.02. The average Bonchev–Trinajstić information content (AvgIpc) is 3.13. The Labute approximate surface area is 145 Å². The Bertz CT molecular complexity index is 718. The van der Waals surface area contributed by atoms with Gasteiger partial charge in [-0.3, -0.25) is 0 Å². The molecule has 0 bridgehead atoms. The van der Waals surface area contributed by atoms with Crippen LogP contribution in [0.25, 0.3) is 0 Å². The van der Waals surface area contributed by atoms with E-state index in [1.54, 1.807) is 12.1 Å². The maximum atomic E-state index is 13.1. The van der Waals surface area contributed by atoms with E-state index in [4.69, 9.17) is 0 Å². The summed E-state index contributed by atoms with van der Waals surface area (Å²) >= 11 is 1.31. The monoisotopic (exact) mass is 348 g/mol. The molecular weight excluding hydrogens is 327 g/mol. The van der Waals surface area contributed by atoms with Crippen LogP contribution in [0.3, 0.4) is 0 Å². The van der Waals surface area contributed by atoms with Gasteiger partial charge < -0.3 is 10.2 Å². The minimum atomic E-state index is -0.247. The maximum Gasteiger partial charge on any atom is 0.318 e. The molecule has 1 aromatic carbocycles. The molecule has 128 valence electrons. The summed E-state index contributed by atoms with van der Waals surface area (Å²) in [6.07, 6.45) is 2.65.